The predicted octanol–water partition coefficient (Wildman–Crippen LogP) is 3.55. The minimum Gasteiger partial charge on any atom is -0.360 e. The Morgan fingerprint density at radius 2 is 2.14 bits per heavy atom. The zero-order valence-electron chi connectivity index (χ0n) is 6.77. The molecule has 0 spiro atoms. The molecule has 0 aliphatic heterocycles. The van der Waals surface area contributed by atoms with Gasteiger partial charge in [-0.05, 0) is 50.7 Å². The quantitative estimate of drug-likeness (QED) is 0.693. The largest absolute Gasteiger partial charge is 0.360 e. The first kappa shape index (κ1) is 10.4. The Morgan fingerprint density at radius 1 is 1.43 bits per heavy atom. The standard InChI is InChI=1S/C9H4BrClINO/c10-5-3-13-8-2-6(11)7(12)1-4(8)9(5)14/h1-3H,(H,13,14). The van der Waals surface area contributed by atoms with E-state index >= 15 is 0 Å². The van der Waals surface area contributed by atoms with Crippen molar-refractivity contribution in [2.75, 3.05) is 0 Å². The van der Waals surface area contributed by atoms with Gasteiger partial charge in [-0.2, -0.15) is 0 Å². The molecular weight excluding hydrogens is 380 g/mol. The van der Waals surface area contributed by atoms with Gasteiger partial charge in [0.2, 0.25) is 5.43 Å². The summed E-state index contributed by atoms with van der Waals surface area (Å²) in [5.41, 5.74) is 0.733. The first-order chi connectivity index (χ1) is 6.59. The maximum Gasteiger partial charge on any atom is 0.203 e. The number of hydrogen-bond acceptors (Lipinski definition) is 1. The highest BCUT2D eigenvalue weighted by Crippen LogP contribution is 2.23. The average Bonchev–Trinajstić information content (AvgIpc) is 2.15. The highest BCUT2D eigenvalue weighted by molar-refractivity contribution is 14.1. The smallest absolute Gasteiger partial charge is 0.203 e. The van der Waals surface area contributed by atoms with E-state index in [1.165, 1.54) is 0 Å². The number of halogens is 3. The number of rotatable bonds is 0. The van der Waals surface area contributed by atoms with E-state index in [4.69, 9.17) is 11.6 Å². The number of H-pyrrole nitrogens is 1. The van der Waals surface area contributed by atoms with Gasteiger partial charge in [-0.1, -0.05) is 11.6 Å². The molecule has 0 fully saturated rings. The van der Waals surface area contributed by atoms with Crippen LogP contribution in [0.3, 0.4) is 0 Å². The molecule has 0 radical (unpaired) electrons. The summed E-state index contributed by atoms with van der Waals surface area (Å²) in [6, 6.07) is 3.54. The van der Waals surface area contributed by atoms with Crippen LogP contribution in [0.25, 0.3) is 10.9 Å². The summed E-state index contributed by atoms with van der Waals surface area (Å²) < 4.78 is 1.41. The summed E-state index contributed by atoms with van der Waals surface area (Å²) in [7, 11) is 0. The molecule has 0 unspecified atom stereocenters. The van der Waals surface area contributed by atoms with Gasteiger partial charge in [-0.25, -0.2) is 0 Å². The summed E-state index contributed by atoms with van der Waals surface area (Å²) >= 11 is 11.2. The van der Waals surface area contributed by atoms with Crippen LogP contribution in [-0.4, -0.2) is 4.98 Å². The maximum absolute atomic E-state index is 11.7. The molecule has 2 aromatic rings. The molecule has 0 saturated carbocycles. The van der Waals surface area contributed by atoms with Crippen molar-refractivity contribution in [1.29, 1.82) is 0 Å². The molecule has 72 valence electrons. The van der Waals surface area contributed by atoms with Crippen molar-refractivity contribution in [2.45, 2.75) is 0 Å². The number of fused-ring (bicyclic) bond motifs is 1. The van der Waals surface area contributed by atoms with Crippen molar-refractivity contribution < 1.29 is 0 Å². The molecule has 1 aromatic heterocycles. The van der Waals surface area contributed by atoms with Gasteiger partial charge < -0.3 is 4.98 Å². The van der Waals surface area contributed by atoms with E-state index in [1.807, 2.05) is 0 Å². The lowest BCUT2D eigenvalue weighted by Crippen LogP contribution is -2.03. The lowest BCUT2D eigenvalue weighted by atomic mass is 10.2. The molecule has 1 N–H and O–H groups in total. The molecule has 0 aliphatic carbocycles. The SMILES string of the molecule is O=c1c(Br)c[nH]c2cc(Cl)c(I)cc12. The first-order valence-electron chi connectivity index (χ1n) is 3.75. The van der Waals surface area contributed by atoms with E-state index in [9.17, 15) is 4.79 Å². The molecular formula is C9H4BrClINO. The van der Waals surface area contributed by atoms with Gasteiger partial charge in [0, 0.05) is 15.2 Å². The number of benzene rings is 1. The fourth-order valence-corrected chi connectivity index (χ4v) is 2.15. The van der Waals surface area contributed by atoms with Crippen molar-refractivity contribution in [1.82, 2.24) is 4.98 Å². The van der Waals surface area contributed by atoms with Crippen LogP contribution in [0.1, 0.15) is 0 Å². The minimum atomic E-state index is -0.0201. The Balaban J connectivity index is 2.97. The van der Waals surface area contributed by atoms with Gasteiger partial charge in [-0.15, -0.1) is 0 Å². The van der Waals surface area contributed by atoms with E-state index < -0.39 is 0 Å². The summed E-state index contributed by atoms with van der Waals surface area (Å²) in [6.07, 6.45) is 1.62. The zero-order chi connectivity index (χ0) is 10.3. The molecule has 1 heterocycles. The van der Waals surface area contributed by atoms with Gasteiger partial charge in [0.25, 0.3) is 0 Å². The van der Waals surface area contributed by atoms with Crippen LogP contribution in [-0.2, 0) is 0 Å². The summed E-state index contributed by atoms with van der Waals surface area (Å²) in [5, 5.41) is 1.30. The second-order valence-electron chi connectivity index (χ2n) is 2.78. The van der Waals surface area contributed by atoms with E-state index in [0.29, 0.717) is 14.9 Å². The lowest BCUT2D eigenvalue weighted by molar-refractivity contribution is 1.36. The van der Waals surface area contributed by atoms with E-state index in [1.54, 1.807) is 18.3 Å². The molecule has 0 amide bonds. The maximum atomic E-state index is 11.7. The molecule has 0 atom stereocenters. The number of nitrogens with one attached hydrogen (secondary N) is 1. The molecule has 14 heavy (non-hydrogen) atoms. The predicted molar refractivity (Wildman–Crippen MR) is 70.0 cm³/mol. The van der Waals surface area contributed by atoms with Crippen LogP contribution in [0.5, 0.6) is 0 Å². The van der Waals surface area contributed by atoms with Crippen LogP contribution < -0.4 is 5.43 Å². The second-order valence-corrected chi connectivity index (χ2v) is 5.20. The van der Waals surface area contributed by atoms with E-state index in [2.05, 4.69) is 43.5 Å². The minimum absolute atomic E-state index is 0.0201. The van der Waals surface area contributed by atoms with Gasteiger partial charge in [0.15, 0.2) is 0 Å². The van der Waals surface area contributed by atoms with Crippen molar-refractivity contribution in [3.05, 3.63) is 41.6 Å². The Kier molecular flexibility index (Phi) is 2.86. The second kappa shape index (κ2) is 3.83. The third-order valence-corrected chi connectivity index (χ3v) is 3.99. The molecule has 0 saturated heterocycles. The van der Waals surface area contributed by atoms with Gasteiger partial charge in [0.1, 0.15) is 0 Å². The lowest BCUT2D eigenvalue weighted by Gasteiger charge is -2.01. The third-order valence-electron chi connectivity index (χ3n) is 1.88. The number of aromatic amines is 1. The van der Waals surface area contributed by atoms with Gasteiger partial charge in [0.05, 0.1) is 15.0 Å². The average molecular weight is 384 g/mol. The molecule has 5 heteroatoms. The molecule has 1 aromatic carbocycles. The number of hydrogen-bond donors (Lipinski definition) is 1. The Hall–Kier alpha value is -0.0700. The summed E-state index contributed by atoms with van der Waals surface area (Å²) in [6.45, 7) is 0. The Morgan fingerprint density at radius 3 is 2.86 bits per heavy atom. The number of aromatic nitrogens is 1. The Labute approximate surface area is 107 Å². The van der Waals surface area contributed by atoms with Gasteiger partial charge in [-0.3, -0.25) is 4.79 Å². The van der Waals surface area contributed by atoms with Crippen LogP contribution in [0, 0.1) is 3.57 Å². The first-order valence-corrected chi connectivity index (χ1v) is 6.00. The number of pyridine rings is 1. The van der Waals surface area contributed by atoms with Crippen LogP contribution in [0.2, 0.25) is 5.02 Å². The third kappa shape index (κ3) is 1.70. The van der Waals surface area contributed by atoms with Crippen molar-refractivity contribution in [3.8, 4) is 0 Å². The van der Waals surface area contributed by atoms with E-state index in [0.717, 1.165) is 9.09 Å². The molecule has 0 aliphatic rings. The van der Waals surface area contributed by atoms with Crippen LogP contribution in [0.15, 0.2) is 27.6 Å². The highest BCUT2D eigenvalue weighted by atomic mass is 127. The summed E-state index contributed by atoms with van der Waals surface area (Å²) in [5.74, 6) is 0. The van der Waals surface area contributed by atoms with Crippen molar-refractivity contribution in [2.24, 2.45) is 0 Å². The monoisotopic (exact) mass is 383 g/mol. The molecule has 0 bridgehead atoms. The van der Waals surface area contributed by atoms with Crippen molar-refractivity contribution >= 4 is 61.0 Å². The normalized spacial score (nSPS) is 10.8. The molecule has 2 nitrogen and oxygen atoms in total. The van der Waals surface area contributed by atoms with Crippen molar-refractivity contribution in [3.63, 3.8) is 0 Å². The zero-order valence-corrected chi connectivity index (χ0v) is 11.3. The van der Waals surface area contributed by atoms with Crippen LogP contribution >= 0.6 is 50.1 Å². The topological polar surface area (TPSA) is 32.9 Å². The summed E-state index contributed by atoms with van der Waals surface area (Å²) in [4.78, 5) is 14.7. The fraction of sp³-hybridized carbons (Fsp3) is 0. The highest BCUT2D eigenvalue weighted by Gasteiger charge is 2.05. The molecule has 2 rings (SSSR count). The van der Waals surface area contributed by atoms with E-state index in [-0.39, 0.29) is 5.43 Å². The van der Waals surface area contributed by atoms with Crippen LogP contribution in [0.4, 0.5) is 0 Å². The van der Waals surface area contributed by atoms with Gasteiger partial charge >= 0.3 is 0 Å². The Bertz CT molecular complexity index is 566. The fourth-order valence-electron chi connectivity index (χ4n) is 1.19.